The first-order valence-corrected chi connectivity index (χ1v) is 11.1. The third-order valence-corrected chi connectivity index (χ3v) is 5.67. The lowest BCUT2D eigenvalue weighted by molar-refractivity contribution is -0.134. The minimum atomic E-state index is -0.708. The van der Waals surface area contributed by atoms with Gasteiger partial charge in [-0.1, -0.05) is 44.5 Å². The van der Waals surface area contributed by atoms with Crippen LogP contribution in [0.3, 0.4) is 0 Å². The predicted molar refractivity (Wildman–Crippen MR) is 121 cm³/mol. The van der Waals surface area contributed by atoms with Crippen molar-refractivity contribution in [2.45, 2.75) is 46.1 Å². The molecule has 1 aliphatic heterocycles. The van der Waals surface area contributed by atoms with Gasteiger partial charge in [-0.2, -0.15) is 0 Å². The molecule has 0 radical (unpaired) electrons. The molecule has 1 aliphatic rings. The van der Waals surface area contributed by atoms with E-state index in [4.69, 9.17) is 16.3 Å². The normalized spacial score (nSPS) is 16.0. The topological polar surface area (TPSA) is 87.7 Å². The van der Waals surface area contributed by atoms with Crippen LogP contribution in [0, 0.1) is 11.3 Å². The lowest BCUT2D eigenvalue weighted by Crippen LogP contribution is -2.54. The molecule has 1 aromatic carbocycles. The Bertz CT molecular complexity index is 770. The molecule has 31 heavy (non-hydrogen) atoms. The highest BCUT2D eigenvalue weighted by molar-refractivity contribution is 6.33. The summed E-state index contributed by atoms with van der Waals surface area (Å²) in [6, 6.07) is 6.04. The molecule has 3 amide bonds. The number of benzene rings is 1. The van der Waals surface area contributed by atoms with E-state index >= 15 is 0 Å². The van der Waals surface area contributed by atoms with Gasteiger partial charge < -0.3 is 20.3 Å². The van der Waals surface area contributed by atoms with Crippen LogP contribution in [0.5, 0.6) is 0 Å². The van der Waals surface area contributed by atoms with Gasteiger partial charge in [-0.3, -0.25) is 14.4 Å². The number of ether oxygens (including phenoxy) is 1. The van der Waals surface area contributed by atoms with Crippen molar-refractivity contribution in [1.82, 2.24) is 15.5 Å². The molecule has 172 valence electrons. The van der Waals surface area contributed by atoms with Gasteiger partial charge in [0, 0.05) is 33.2 Å². The largest absolute Gasteiger partial charge is 0.383 e. The second-order valence-electron chi connectivity index (χ2n) is 9.17. The van der Waals surface area contributed by atoms with E-state index in [9.17, 15) is 14.4 Å². The average molecular weight is 452 g/mol. The molecule has 2 rings (SSSR count). The maximum absolute atomic E-state index is 12.9. The van der Waals surface area contributed by atoms with Crippen molar-refractivity contribution in [1.29, 1.82) is 0 Å². The number of likely N-dealkylation sites (tertiary alicyclic amines) is 1. The highest BCUT2D eigenvalue weighted by Crippen LogP contribution is 2.25. The zero-order chi connectivity index (χ0) is 23.0. The summed E-state index contributed by atoms with van der Waals surface area (Å²) in [5.41, 5.74) is 0.261. The molecule has 2 N–H and O–H groups in total. The number of rotatable bonds is 8. The van der Waals surface area contributed by atoms with Crippen LogP contribution in [0.15, 0.2) is 24.3 Å². The fourth-order valence-electron chi connectivity index (χ4n) is 3.70. The van der Waals surface area contributed by atoms with Crippen LogP contribution in [0.25, 0.3) is 0 Å². The van der Waals surface area contributed by atoms with Gasteiger partial charge in [-0.15, -0.1) is 0 Å². The number of amides is 3. The van der Waals surface area contributed by atoms with E-state index in [1.807, 2.05) is 25.7 Å². The first kappa shape index (κ1) is 25.1. The third kappa shape index (κ3) is 7.82. The molecule has 0 spiro atoms. The van der Waals surface area contributed by atoms with E-state index in [1.165, 1.54) is 0 Å². The smallest absolute Gasteiger partial charge is 0.253 e. The second kappa shape index (κ2) is 11.5. The first-order chi connectivity index (χ1) is 14.6. The number of methoxy groups -OCH3 is 1. The minimum absolute atomic E-state index is 0.0688. The standard InChI is InChI=1S/C23H34ClN3O4/c1-23(2,3)15-19(28)27-12-9-16(10-13-27)20(22(30)25-11-14-31-4)26-21(29)17-7-5-6-8-18(17)24/h5-8,16,20H,9-15H2,1-4H3,(H,25,30)(H,26,29)/t20-/m0/s1. The summed E-state index contributed by atoms with van der Waals surface area (Å²) in [7, 11) is 1.56. The van der Waals surface area contributed by atoms with Gasteiger partial charge in [0.05, 0.1) is 17.2 Å². The number of nitrogens with zero attached hydrogens (tertiary/aromatic N) is 1. The molecule has 0 saturated carbocycles. The summed E-state index contributed by atoms with van der Waals surface area (Å²) in [4.78, 5) is 40.1. The monoisotopic (exact) mass is 451 g/mol. The first-order valence-electron chi connectivity index (χ1n) is 10.7. The van der Waals surface area contributed by atoms with Gasteiger partial charge in [-0.05, 0) is 36.3 Å². The number of carbonyl (C=O) groups excluding carboxylic acids is 3. The second-order valence-corrected chi connectivity index (χ2v) is 9.58. The van der Waals surface area contributed by atoms with Crippen LogP contribution in [-0.4, -0.2) is 62.0 Å². The lowest BCUT2D eigenvalue weighted by Gasteiger charge is -2.36. The van der Waals surface area contributed by atoms with Gasteiger partial charge >= 0.3 is 0 Å². The van der Waals surface area contributed by atoms with E-state index in [1.54, 1.807) is 31.4 Å². The van der Waals surface area contributed by atoms with Crippen molar-refractivity contribution < 1.29 is 19.1 Å². The van der Waals surface area contributed by atoms with Crippen molar-refractivity contribution in [3.05, 3.63) is 34.9 Å². The number of hydrogen-bond donors (Lipinski definition) is 2. The van der Waals surface area contributed by atoms with Crippen LogP contribution < -0.4 is 10.6 Å². The summed E-state index contributed by atoms with van der Waals surface area (Å²) < 4.78 is 5.00. The summed E-state index contributed by atoms with van der Waals surface area (Å²) in [5, 5.41) is 6.03. The Morgan fingerprint density at radius 1 is 1.19 bits per heavy atom. The van der Waals surface area contributed by atoms with Crippen molar-refractivity contribution in [2.24, 2.45) is 11.3 Å². The Labute approximate surface area is 189 Å². The summed E-state index contributed by atoms with van der Waals surface area (Å²) in [6.07, 6.45) is 1.77. The van der Waals surface area contributed by atoms with Crippen molar-refractivity contribution in [3.63, 3.8) is 0 Å². The fourth-order valence-corrected chi connectivity index (χ4v) is 3.92. The Hall–Kier alpha value is -2.12. The highest BCUT2D eigenvalue weighted by atomic mass is 35.5. The number of halogens is 1. The van der Waals surface area contributed by atoms with Crippen LogP contribution in [0.4, 0.5) is 0 Å². The van der Waals surface area contributed by atoms with Gasteiger partial charge in [0.15, 0.2) is 0 Å². The van der Waals surface area contributed by atoms with Gasteiger partial charge in [0.1, 0.15) is 6.04 Å². The van der Waals surface area contributed by atoms with Crippen molar-refractivity contribution in [2.75, 3.05) is 33.4 Å². The van der Waals surface area contributed by atoms with E-state index < -0.39 is 6.04 Å². The molecule has 1 heterocycles. The van der Waals surface area contributed by atoms with Gasteiger partial charge in [-0.25, -0.2) is 0 Å². The summed E-state index contributed by atoms with van der Waals surface area (Å²) in [6.45, 7) is 8.02. The van der Waals surface area contributed by atoms with E-state index in [2.05, 4.69) is 10.6 Å². The van der Waals surface area contributed by atoms with Crippen molar-refractivity contribution >= 4 is 29.3 Å². The number of piperidine rings is 1. The molecule has 0 aliphatic carbocycles. The Balaban J connectivity index is 2.07. The van der Waals surface area contributed by atoms with E-state index in [0.29, 0.717) is 56.1 Å². The molecule has 1 saturated heterocycles. The van der Waals surface area contributed by atoms with Crippen molar-refractivity contribution in [3.8, 4) is 0 Å². The molecule has 1 atom stereocenters. The molecule has 8 heteroatoms. The SMILES string of the molecule is COCCNC(=O)[C@@H](NC(=O)c1ccccc1Cl)C1CCN(C(=O)CC(C)(C)C)CC1. The lowest BCUT2D eigenvalue weighted by atomic mass is 9.87. The fraction of sp³-hybridized carbons (Fsp3) is 0.609. The number of carbonyl (C=O) groups is 3. The maximum Gasteiger partial charge on any atom is 0.253 e. The molecule has 1 fully saturated rings. The summed E-state index contributed by atoms with van der Waals surface area (Å²) in [5.74, 6) is -0.583. The highest BCUT2D eigenvalue weighted by Gasteiger charge is 2.34. The average Bonchev–Trinajstić information content (AvgIpc) is 2.71. The van der Waals surface area contributed by atoms with Gasteiger partial charge in [0.25, 0.3) is 5.91 Å². The number of hydrogen-bond acceptors (Lipinski definition) is 4. The maximum atomic E-state index is 12.9. The van der Waals surface area contributed by atoms with E-state index in [0.717, 1.165) is 0 Å². The molecule has 0 unspecified atom stereocenters. The van der Waals surface area contributed by atoms with Crippen LogP contribution >= 0.6 is 11.6 Å². The Kier molecular flexibility index (Phi) is 9.32. The molecular weight excluding hydrogens is 418 g/mol. The quantitative estimate of drug-likeness (QED) is 0.595. The van der Waals surface area contributed by atoms with Gasteiger partial charge in [0.2, 0.25) is 11.8 Å². The third-order valence-electron chi connectivity index (χ3n) is 5.34. The molecular formula is C23H34ClN3O4. The Morgan fingerprint density at radius 2 is 1.84 bits per heavy atom. The van der Waals surface area contributed by atoms with Crippen LogP contribution in [0.1, 0.15) is 50.4 Å². The zero-order valence-electron chi connectivity index (χ0n) is 18.9. The van der Waals surface area contributed by atoms with Crippen LogP contribution in [0.2, 0.25) is 5.02 Å². The molecule has 7 nitrogen and oxygen atoms in total. The minimum Gasteiger partial charge on any atom is -0.383 e. The molecule has 0 aromatic heterocycles. The zero-order valence-corrected chi connectivity index (χ0v) is 19.6. The summed E-state index contributed by atoms with van der Waals surface area (Å²) >= 11 is 6.15. The van der Waals surface area contributed by atoms with Crippen LogP contribution in [-0.2, 0) is 14.3 Å². The number of nitrogens with one attached hydrogen (secondary N) is 2. The molecule has 0 bridgehead atoms. The predicted octanol–water partition coefficient (Wildman–Crippen LogP) is 2.88. The Morgan fingerprint density at radius 3 is 2.42 bits per heavy atom. The molecule has 1 aromatic rings. The van der Waals surface area contributed by atoms with E-state index in [-0.39, 0.29) is 29.1 Å².